The Bertz CT molecular complexity index is 963. The van der Waals surface area contributed by atoms with Crippen LogP contribution in [-0.4, -0.2) is 81.1 Å². The van der Waals surface area contributed by atoms with E-state index >= 15 is 0 Å². The summed E-state index contributed by atoms with van der Waals surface area (Å²) in [5.74, 6) is 0.705. The van der Waals surface area contributed by atoms with Crippen molar-refractivity contribution >= 4 is 5.91 Å². The van der Waals surface area contributed by atoms with E-state index in [9.17, 15) is 18.0 Å². The number of oxazole rings is 1. The highest BCUT2D eigenvalue weighted by Gasteiger charge is 2.28. The number of piperazine rings is 1. The topological polar surface area (TPSA) is 103 Å². The fourth-order valence-electron chi connectivity index (χ4n) is 3.63. The number of nitrogens with zero attached hydrogens (tertiary/aromatic N) is 3. The van der Waals surface area contributed by atoms with E-state index in [2.05, 4.69) is 14.6 Å². The minimum absolute atomic E-state index is 0.00464. The average molecular weight is 501 g/mol. The molecule has 2 heterocycles. The van der Waals surface area contributed by atoms with Crippen LogP contribution in [0.1, 0.15) is 29.1 Å². The van der Waals surface area contributed by atoms with Gasteiger partial charge in [0.2, 0.25) is 5.89 Å². The normalized spacial score (nSPS) is 16.1. The van der Waals surface area contributed by atoms with Crippen LogP contribution >= 0.6 is 0 Å². The molecule has 1 aromatic carbocycles. The third-order valence-electron chi connectivity index (χ3n) is 5.63. The average Bonchev–Trinajstić information content (AvgIpc) is 3.60. The molecule has 1 amide bonds. The van der Waals surface area contributed by atoms with Crippen LogP contribution in [-0.2, 0) is 11.3 Å². The van der Waals surface area contributed by atoms with Crippen molar-refractivity contribution in [2.24, 2.45) is 11.7 Å². The summed E-state index contributed by atoms with van der Waals surface area (Å²) in [6, 6.07) is 4.45. The Labute approximate surface area is 201 Å². The van der Waals surface area contributed by atoms with Gasteiger partial charge in [-0.15, -0.1) is 0 Å². The molecule has 1 saturated heterocycles. The van der Waals surface area contributed by atoms with Gasteiger partial charge in [0, 0.05) is 38.9 Å². The van der Waals surface area contributed by atoms with Crippen LogP contribution in [0.5, 0.6) is 11.5 Å². The molecule has 0 radical (unpaired) electrons. The van der Waals surface area contributed by atoms with E-state index < -0.39 is 6.61 Å². The lowest BCUT2D eigenvalue weighted by molar-refractivity contribution is -0.0515. The summed E-state index contributed by atoms with van der Waals surface area (Å²) >= 11 is 0. The Morgan fingerprint density at radius 3 is 2.51 bits per heavy atom. The van der Waals surface area contributed by atoms with E-state index in [0.29, 0.717) is 58.2 Å². The first-order valence-electron chi connectivity index (χ1n) is 11.3. The number of amides is 1. The summed E-state index contributed by atoms with van der Waals surface area (Å²) in [6.45, 7) is 0.404. The Morgan fingerprint density at radius 1 is 1.20 bits per heavy atom. The number of hydrogen-bond acceptors (Lipinski definition) is 8. The van der Waals surface area contributed by atoms with Crippen LogP contribution in [0, 0.1) is 5.92 Å². The second kappa shape index (κ2) is 12.8. The Kier molecular flexibility index (Phi) is 9.75. The molecule has 12 heteroatoms. The van der Waals surface area contributed by atoms with Gasteiger partial charge in [-0.25, -0.2) is 4.98 Å². The number of methoxy groups -OCH3 is 1. The van der Waals surface area contributed by atoms with Crippen LogP contribution in [0.4, 0.5) is 13.2 Å². The van der Waals surface area contributed by atoms with Gasteiger partial charge in [-0.3, -0.25) is 14.1 Å². The number of rotatable bonds is 10. The third kappa shape index (κ3) is 7.09. The van der Waals surface area contributed by atoms with Gasteiger partial charge < -0.3 is 29.3 Å². The van der Waals surface area contributed by atoms with E-state index in [1.165, 1.54) is 18.2 Å². The predicted molar refractivity (Wildman–Crippen MR) is 121 cm³/mol. The van der Waals surface area contributed by atoms with Gasteiger partial charge in [0.05, 0.1) is 27.1 Å². The molecule has 2 aliphatic rings. The van der Waals surface area contributed by atoms with E-state index in [1.807, 2.05) is 0 Å². The van der Waals surface area contributed by atoms with Crippen LogP contribution in [0.15, 0.2) is 22.6 Å². The minimum Gasteiger partial charge on any atom is -0.489 e. The molecule has 4 rings (SSSR count). The molecule has 2 N–H and O–H groups in total. The van der Waals surface area contributed by atoms with Crippen molar-refractivity contribution in [2.75, 3.05) is 53.8 Å². The number of ether oxygens (including phenoxy) is 3. The molecular weight excluding hydrogens is 469 g/mol. The smallest absolute Gasteiger partial charge is 0.387 e. The number of carbonyl (C=O) groups excluding carboxylic acids is 1. The number of aromatic nitrogens is 1. The number of carbonyl (C=O) groups is 1. The molecule has 1 saturated carbocycles. The molecular formula is C23H31F3N4O5. The number of benzene rings is 1. The van der Waals surface area contributed by atoms with E-state index in [-0.39, 0.29) is 41.3 Å². The quantitative estimate of drug-likeness (QED) is 0.531. The van der Waals surface area contributed by atoms with Crippen LogP contribution < -0.4 is 15.2 Å². The SMILES string of the molecule is CF.COCN1CCN(C(=O)c2nc(-c3ccc(OC(F)F)c(OCC4CC4)c3)oc2CN)CC1. The summed E-state index contributed by atoms with van der Waals surface area (Å²) in [5.41, 5.74) is 6.44. The van der Waals surface area contributed by atoms with Crippen LogP contribution in [0.3, 0.4) is 0 Å². The Morgan fingerprint density at radius 2 is 1.91 bits per heavy atom. The lowest BCUT2D eigenvalue weighted by Crippen LogP contribution is -2.49. The van der Waals surface area contributed by atoms with Crippen LogP contribution in [0.2, 0.25) is 0 Å². The second-order valence-electron chi connectivity index (χ2n) is 8.12. The molecule has 194 valence electrons. The van der Waals surface area contributed by atoms with Crippen molar-refractivity contribution in [3.63, 3.8) is 0 Å². The van der Waals surface area contributed by atoms with E-state index in [1.54, 1.807) is 12.0 Å². The summed E-state index contributed by atoms with van der Waals surface area (Å²) in [5, 5.41) is 0. The maximum absolute atomic E-state index is 13.1. The molecule has 9 nitrogen and oxygen atoms in total. The maximum atomic E-state index is 13.1. The molecule has 0 unspecified atom stereocenters. The zero-order chi connectivity index (χ0) is 25.4. The summed E-state index contributed by atoms with van der Waals surface area (Å²) in [6.07, 6.45) is 2.10. The van der Waals surface area contributed by atoms with Crippen molar-refractivity contribution in [3.8, 4) is 23.0 Å². The lowest BCUT2D eigenvalue weighted by atomic mass is 10.2. The number of alkyl halides is 3. The van der Waals surface area contributed by atoms with Gasteiger partial charge in [0.15, 0.2) is 23.0 Å². The molecule has 35 heavy (non-hydrogen) atoms. The molecule has 0 bridgehead atoms. The zero-order valence-corrected chi connectivity index (χ0v) is 19.8. The Hall–Kier alpha value is -2.83. The summed E-state index contributed by atoms with van der Waals surface area (Å²) in [4.78, 5) is 21.3. The monoisotopic (exact) mass is 500 g/mol. The highest BCUT2D eigenvalue weighted by Crippen LogP contribution is 2.36. The second-order valence-corrected chi connectivity index (χ2v) is 8.12. The lowest BCUT2D eigenvalue weighted by Gasteiger charge is -2.33. The standard InChI is InChI=1S/C22H28F2N4O5.CH3F/c1-30-13-27-6-8-28(9-7-27)21(29)19-18(11-25)32-20(26-19)15-4-5-16(33-22(23)24)17(10-15)31-12-14-2-3-14;1-2/h4-5,10,14,22H,2-3,6-9,11-13,25H2,1H3;1H3. The molecule has 1 aliphatic carbocycles. The zero-order valence-electron chi connectivity index (χ0n) is 19.8. The first kappa shape index (κ1) is 26.8. The third-order valence-corrected chi connectivity index (χ3v) is 5.63. The molecule has 0 atom stereocenters. The molecule has 0 spiro atoms. The molecule has 1 aliphatic heterocycles. The number of nitrogens with two attached hydrogens (primary N) is 1. The Balaban J connectivity index is 0.00000167. The summed E-state index contributed by atoms with van der Waals surface area (Å²) < 4.78 is 56.3. The van der Waals surface area contributed by atoms with Gasteiger partial charge in [0.25, 0.3) is 5.91 Å². The van der Waals surface area contributed by atoms with Crippen molar-refractivity contribution in [1.29, 1.82) is 0 Å². The van der Waals surface area contributed by atoms with Crippen molar-refractivity contribution in [1.82, 2.24) is 14.8 Å². The van der Waals surface area contributed by atoms with Gasteiger partial charge in [-0.1, -0.05) is 0 Å². The highest BCUT2D eigenvalue weighted by atomic mass is 19.3. The first-order valence-corrected chi connectivity index (χ1v) is 11.3. The largest absolute Gasteiger partial charge is 0.489 e. The highest BCUT2D eigenvalue weighted by molar-refractivity contribution is 5.94. The fraction of sp³-hybridized carbons (Fsp3) is 0.565. The van der Waals surface area contributed by atoms with E-state index in [0.717, 1.165) is 12.8 Å². The predicted octanol–water partition coefficient (Wildman–Crippen LogP) is 3.14. The molecule has 2 fully saturated rings. The van der Waals surface area contributed by atoms with Gasteiger partial charge >= 0.3 is 6.61 Å². The minimum atomic E-state index is -2.97. The maximum Gasteiger partial charge on any atom is 0.387 e. The van der Waals surface area contributed by atoms with Gasteiger partial charge in [-0.05, 0) is 37.0 Å². The van der Waals surface area contributed by atoms with Crippen molar-refractivity contribution in [3.05, 3.63) is 29.7 Å². The first-order chi connectivity index (χ1) is 17.0. The molecule has 1 aromatic heterocycles. The summed E-state index contributed by atoms with van der Waals surface area (Å²) in [7, 11) is 2.14. The van der Waals surface area contributed by atoms with Gasteiger partial charge in [0.1, 0.15) is 0 Å². The number of hydrogen-bond donors (Lipinski definition) is 1. The molecule has 2 aromatic rings. The van der Waals surface area contributed by atoms with Crippen LogP contribution in [0.25, 0.3) is 11.5 Å². The number of halogens is 3. The fourth-order valence-corrected chi connectivity index (χ4v) is 3.63. The van der Waals surface area contributed by atoms with E-state index in [4.69, 9.17) is 19.6 Å². The van der Waals surface area contributed by atoms with Gasteiger partial charge in [-0.2, -0.15) is 8.78 Å². The van der Waals surface area contributed by atoms with Crippen molar-refractivity contribution in [2.45, 2.75) is 26.0 Å². The van der Waals surface area contributed by atoms with Crippen molar-refractivity contribution < 1.29 is 36.6 Å².